The first kappa shape index (κ1) is 20.9. The number of benzene rings is 2. The molecule has 0 atom stereocenters. The van der Waals surface area contributed by atoms with Crippen LogP contribution in [0.4, 0.5) is 5.69 Å². The van der Waals surface area contributed by atoms with Crippen molar-refractivity contribution in [1.29, 1.82) is 0 Å². The number of amides is 1. The van der Waals surface area contributed by atoms with Crippen LogP contribution in [-0.4, -0.2) is 23.3 Å². The number of rotatable bonds is 6. The van der Waals surface area contributed by atoms with E-state index in [0.29, 0.717) is 5.56 Å². The number of hydrogen-bond donors (Lipinski definition) is 1. The number of thiophene rings is 2. The number of hydrazone groups is 1. The average molecular weight is 467 g/mol. The molecule has 5 rings (SSSR count). The topological polar surface area (TPSA) is 66.7 Å². The minimum atomic E-state index is -0.278. The Morgan fingerprint density at radius 3 is 2.30 bits per heavy atom. The number of aromatic nitrogens is 1. The lowest BCUT2D eigenvalue weighted by atomic mass is 10.0. The first-order valence-electron chi connectivity index (χ1n) is 10.2. The maximum Gasteiger partial charge on any atom is 0.272 e. The second-order valence-corrected chi connectivity index (χ2v) is 9.07. The van der Waals surface area contributed by atoms with E-state index in [2.05, 4.69) is 15.5 Å². The van der Waals surface area contributed by atoms with Crippen LogP contribution in [0.15, 0.2) is 99.7 Å². The van der Waals surface area contributed by atoms with Crippen LogP contribution in [0.2, 0.25) is 0 Å². The van der Waals surface area contributed by atoms with E-state index in [9.17, 15) is 4.79 Å². The molecule has 0 aliphatic heterocycles. The van der Waals surface area contributed by atoms with Gasteiger partial charge >= 0.3 is 0 Å². The van der Waals surface area contributed by atoms with Crippen molar-refractivity contribution in [2.24, 2.45) is 10.1 Å². The third kappa shape index (κ3) is 4.95. The fourth-order valence-corrected chi connectivity index (χ4v) is 4.48. The van der Waals surface area contributed by atoms with Crippen LogP contribution in [-0.2, 0) is 0 Å². The Bertz CT molecular complexity index is 1440. The van der Waals surface area contributed by atoms with E-state index < -0.39 is 0 Å². The number of fused-ring (bicyclic) bond motifs is 1. The quantitative estimate of drug-likeness (QED) is 0.228. The number of para-hydroxylation sites is 1. The standard InChI is InChI=1S/C26H18N4OS2/c31-26(30-28-17-21-6-4-14-33-21)23-15-25(29-24-8-2-1-7-22(23)24)18-9-11-19(12-10-18)27-16-20-5-3-13-32-20/h1-17H,(H,30,31). The van der Waals surface area contributed by atoms with Crippen molar-refractivity contribution < 1.29 is 4.79 Å². The molecule has 0 bridgehead atoms. The van der Waals surface area contributed by atoms with E-state index in [1.165, 1.54) is 0 Å². The second-order valence-electron chi connectivity index (χ2n) is 7.11. The number of hydrogen-bond acceptors (Lipinski definition) is 6. The molecule has 0 fully saturated rings. The molecule has 2 aromatic carbocycles. The largest absolute Gasteiger partial charge is 0.272 e. The Morgan fingerprint density at radius 2 is 1.58 bits per heavy atom. The molecule has 5 nitrogen and oxygen atoms in total. The van der Waals surface area contributed by atoms with Gasteiger partial charge in [0.25, 0.3) is 5.91 Å². The molecule has 0 saturated heterocycles. The van der Waals surface area contributed by atoms with Crippen molar-refractivity contribution in [3.63, 3.8) is 0 Å². The van der Waals surface area contributed by atoms with Gasteiger partial charge < -0.3 is 0 Å². The Morgan fingerprint density at radius 1 is 0.848 bits per heavy atom. The molecule has 0 spiro atoms. The molecule has 0 aliphatic carbocycles. The molecule has 0 aliphatic rings. The molecule has 33 heavy (non-hydrogen) atoms. The predicted octanol–water partition coefficient (Wildman–Crippen LogP) is 6.54. The van der Waals surface area contributed by atoms with Gasteiger partial charge in [-0.3, -0.25) is 9.79 Å². The highest BCUT2D eigenvalue weighted by Gasteiger charge is 2.13. The Labute approximate surface area is 198 Å². The molecule has 1 amide bonds. The fraction of sp³-hybridized carbons (Fsp3) is 0. The molecule has 160 valence electrons. The molecule has 7 heteroatoms. The van der Waals surface area contributed by atoms with Gasteiger partial charge in [-0.1, -0.05) is 42.5 Å². The zero-order chi connectivity index (χ0) is 22.5. The number of carbonyl (C=O) groups excluding carboxylic acids is 1. The molecule has 1 N–H and O–H groups in total. The third-order valence-electron chi connectivity index (χ3n) is 4.91. The Kier molecular flexibility index (Phi) is 6.14. The number of nitrogens with one attached hydrogen (secondary N) is 1. The van der Waals surface area contributed by atoms with Crippen LogP contribution in [0, 0.1) is 0 Å². The molecular weight excluding hydrogens is 448 g/mol. The van der Waals surface area contributed by atoms with Gasteiger partial charge in [0.05, 0.1) is 28.7 Å². The minimum Gasteiger partial charge on any atom is -0.267 e. The molecule has 3 heterocycles. The summed E-state index contributed by atoms with van der Waals surface area (Å²) in [4.78, 5) is 24.3. The first-order chi connectivity index (χ1) is 16.3. The Hall–Kier alpha value is -3.94. The first-order valence-corrected chi connectivity index (χ1v) is 12.0. The highest BCUT2D eigenvalue weighted by molar-refractivity contribution is 7.12. The van der Waals surface area contributed by atoms with Gasteiger partial charge in [-0.05, 0) is 47.2 Å². The van der Waals surface area contributed by atoms with Gasteiger partial charge in [0, 0.05) is 26.9 Å². The molecule has 0 radical (unpaired) electrons. The van der Waals surface area contributed by atoms with Crippen LogP contribution in [0.5, 0.6) is 0 Å². The van der Waals surface area contributed by atoms with E-state index in [1.807, 2.05) is 95.8 Å². The molecule has 0 unspecified atom stereocenters. The second kappa shape index (κ2) is 9.68. The van der Waals surface area contributed by atoms with E-state index in [1.54, 1.807) is 28.9 Å². The summed E-state index contributed by atoms with van der Waals surface area (Å²) in [5, 5.41) is 8.87. The molecule has 5 aromatic rings. The highest BCUT2D eigenvalue weighted by Crippen LogP contribution is 2.26. The summed E-state index contributed by atoms with van der Waals surface area (Å²) in [6.07, 6.45) is 3.50. The van der Waals surface area contributed by atoms with Crippen molar-refractivity contribution in [2.45, 2.75) is 0 Å². The third-order valence-corrected chi connectivity index (χ3v) is 6.52. The lowest BCUT2D eigenvalue weighted by Crippen LogP contribution is -2.18. The highest BCUT2D eigenvalue weighted by atomic mass is 32.1. The van der Waals surface area contributed by atoms with Gasteiger partial charge in [-0.2, -0.15) is 5.10 Å². The maximum absolute atomic E-state index is 13.0. The number of pyridine rings is 1. The lowest BCUT2D eigenvalue weighted by Gasteiger charge is -2.09. The number of nitrogens with zero attached hydrogens (tertiary/aromatic N) is 3. The molecule has 3 aromatic heterocycles. The summed E-state index contributed by atoms with van der Waals surface area (Å²) in [7, 11) is 0. The van der Waals surface area contributed by atoms with Crippen LogP contribution >= 0.6 is 22.7 Å². The van der Waals surface area contributed by atoms with Crippen molar-refractivity contribution in [2.75, 3.05) is 0 Å². The van der Waals surface area contributed by atoms with Crippen LogP contribution < -0.4 is 5.43 Å². The fourth-order valence-electron chi connectivity index (χ4n) is 3.31. The zero-order valence-electron chi connectivity index (χ0n) is 17.4. The Balaban J connectivity index is 1.43. The van der Waals surface area contributed by atoms with E-state index in [-0.39, 0.29) is 5.91 Å². The number of aliphatic imine (C=N–C) groups is 1. The monoisotopic (exact) mass is 466 g/mol. The minimum absolute atomic E-state index is 0.278. The summed E-state index contributed by atoms with van der Waals surface area (Å²) < 4.78 is 0. The predicted molar refractivity (Wildman–Crippen MR) is 138 cm³/mol. The van der Waals surface area contributed by atoms with Crippen molar-refractivity contribution >= 4 is 57.6 Å². The lowest BCUT2D eigenvalue weighted by molar-refractivity contribution is 0.0956. The molecule has 0 saturated carbocycles. The van der Waals surface area contributed by atoms with Gasteiger partial charge in [0.2, 0.25) is 0 Å². The van der Waals surface area contributed by atoms with Crippen molar-refractivity contribution in [3.8, 4) is 11.3 Å². The van der Waals surface area contributed by atoms with Crippen molar-refractivity contribution in [3.05, 3.63) is 105 Å². The zero-order valence-corrected chi connectivity index (χ0v) is 19.0. The summed E-state index contributed by atoms with van der Waals surface area (Å²) in [6, 6.07) is 25.2. The molecular formula is C26H18N4OS2. The summed E-state index contributed by atoms with van der Waals surface area (Å²) >= 11 is 3.20. The van der Waals surface area contributed by atoms with Gasteiger partial charge in [-0.25, -0.2) is 10.4 Å². The van der Waals surface area contributed by atoms with Crippen LogP contribution in [0.25, 0.3) is 22.2 Å². The van der Waals surface area contributed by atoms with Crippen LogP contribution in [0.3, 0.4) is 0 Å². The summed E-state index contributed by atoms with van der Waals surface area (Å²) in [5.41, 5.74) is 6.40. The normalized spacial score (nSPS) is 11.5. The average Bonchev–Trinajstić information content (AvgIpc) is 3.57. The number of carbonyl (C=O) groups is 1. The maximum atomic E-state index is 13.0. The van der Waals surface area contributed by atoms with Gasteiger partial charge in [0.1, 0.15) is 0 Å². The summed E-state index contributed by atoms with van der Waals surface area (Å²) in [6.45, 7) is 0. The van der Waals surface area contributed by atoms with Gasteiger partial charge in [0.15, 0.2) is 0 Å². The van der Waals surface area contributed by atoms with E-state index in [0.717, 1.165) is 37.6 Å². The van der Waals surface area contributed by atoms with E-state index in [4.69, 9.17) is 4.98 Å². The van der Waals surface area contributed by atoms with Crippen molar-refractivity contribution in [1.82, 2.24) is 10.4 Å². The SMILES string of the molecule is O=C(NN=Cc1cccs1)c1cc(-c2ccc(N=Cc3cccs3)cc2)nc2ccccc12. The summed E-state index contributed by atoms with van der Waals surface area (Å²) in [5.74, 6) is -0.278. The smallest absolute Gasteiger partial charge is 0.267 e. The van der Waals surface area contributed by atoms with E-state index >= 15 is 0 Å². The van der Waals surface area contributed by atoms with Crippen LogP contribution in [0.1, 0.15) is 20.1 Å². The van der Waals surface area contributed by atoms with Gasteiger partial charge in [-0.15, -0.1) is 22.7 Å².